The summed E-state index contributed by atoms with van der Waals surface area (Å²) in [4.78, 5) is 2.51. The number of aliphatic hydroxyl groups is 1. The Morgan fingerprint density at radius 3 is 2.47 bits per heavy atom. The van der Waals surface area contributed by atoms with Gasteiger partial charge in [-0.2, -0.15) is 0 Å². The number of piperidine rings is 1. The molecule has 0 spiro atoms. The number of halogens is 1. The molecule has 2 nitrogen and oxygen atoms in total. The van der Waals surface area contributed by atoms with Crippen LogP contribution in [0.2, 0.25) is 5.02 Å². The van der Waals surface area contributed by atoms with E-state index in [1.165, 1.54) is 24.1 Å². The highest BCUT2D eigenvalue weighted by atomic mass is 35.5. The van der Waals surface area contributed by atoms with Crippen LogP contribution >= 0.6 is 11.6 Å². The molecule has 17 heavy (non-hydrogen) atoms. The molecule has 0 saturated carbocycles. The molecule has 1 N–H and O–H groups in total. The molecular weight excluding hydrogens is 234 g/mol. The van der Waals surface area contributed by atoms with Gasteiger partial charge in [0, 0.05) is 22.8 Å². The van der Waals surface area contributed by atoms with Gasteiger partial charge in [-0.15, -0.1) is 0 Å². The van der Waals surface area contributed by atoms with Crippen molar-refractivity contribution in [3.05, 3.63) is 28.8 Å². The van der Waals surface area contributed by atoms with Crippen molar-refractivity contribution in [2.24, 2.45) is 0 Å². The van der Waals surface area contributed by atoms with Gasteiger partial charge in [0.15, 0.2) is 0 Å². The molecule has 3 rings (SSSR count). The summed E-state index contributed by atoms with van der Waals surface area (Å²) in [5, 5.41) is 10.6. The maximum atomic E-state index is 9.82. The first-order valence-electron chi connectivity index (χ1n) is 6.37. The number of anilines is 1. The maximum Gasteiger partial charge on any atom is 0.0579 e. The fourth-order valence-electron chi connectivity index (χ4n) is 3.45. The van der Waals surface area contributed by atoms with Crippen molar-refractivity contribution in [3.63, 3.8) is 0 Å². The number of hydrogen-bond donors (Lipinski definition) is 1. The van der Waals surface area contributed by atoms with E-state index < -0.39 is 0 Å². The quantitative estimate of drug-likeness (QED) is 0.829. The number of hydrogen-bond acceptors (Lipinski definition) is 2. The van der Waals surface area contributed by atoms with Crippen LogP contribution in [0.4, 0.5) is 5.69 Å². The summed E-state index contributed by atoms with van der Waals surface area (Å²) in [6.07, 6.45) is 4.15. The largest absolute Gasteiger partial charge is 0.393 e. The van der Waals surface area contributed by atoms with Crippen LogP contribution in [0.3, 0.4) is 0 Å². The minimum atomic E-state index is -0.101. The molecule has 2 aliphatic heterocycles. The van der Waals surface area contributed by atoms with E-state index in [0.717, 1.165) is 17.9 Å². The highest BCUT2D eigenvalue weighted by Gasteiger charge is 2.40. The maximum absolute atomic E-state index is 9.82. The Morgan fingerprint density at radius 1 is 1.24 bits per heavy atom. The molecule has 2 unspecified atom stereocenters. The number of aryl methyl sites for hydroxylation is 1. The van der Waals surface area contributed by atoms with Crippen LogP contribution in [-0.2, 0) is 0 Å². The normalized spacial score (nSPS) is 31.9. The standard InChI is InChI=1S/C14H18ClNO/c1-9-6-10(15)2-5-14(9)16-11-3-4-12(16)8-13(17)7-11/h2,5-6,11-13,17H,3-4,7-8H2,1H3. The van der Waals surface area contributed by atoms with Gasteiger partial charge in [0.05, 0.1) is 6.10 Å². The molecule has 0 radical (unpaired) electrons. The predicted octanol–water partition coefficient (Wildman–Crippen LogP) is 3.14. The third kappa shape index (κ3) is 1.94. The average molecular weight is 252 g/mol. The minimum Gasteiger partial charge on any atom is -0.393 e. The molecule has 92 valence electrons. The molecule has 2 saturated heterocycles. The summed E-state index contributed by atoms with van der Waals surface area (Å²) in [5.74, 6) is 0. The van der Waals surface area contributed by atoms with Crippen LogP contribution < -0.4 is 4.90 Å². The SMILES string of the molecule is Cc1cc(Cl)ccc1N1C2CCC1CC(O)C2. The van der Waals surface area contributed by atoms with Crippen LogP contribution in [0.25, 0.3) is 0 Å². The second-order valence-corrected chi connectivity index (χ2v) is 5.78. The van der Waals surface area contributed by atoms with Gasteiger partial charge < -0.3 is 10.0 Å². The zero-order chi connectivity index (χ0) is 12.0. The first-order valence-corrected chi connectivity index (χ1v) is 6.75. The molecule has 1 aromatic carbocycles. The third-order valence-electron chi connectivity index (χ3n) is 4.15. The second-order valence-electron chi connectivity index (χ2n) is 5.35. The first-order chi connectivity index (χ1) is 8.15. The lowest BCUT2D eigenvalue weighted by atomic mass is 9.98. The van der Waals surface area contributed by atoms with E-state index >= 15 is 0 Å². The van der Waals surface area contributed by atoms with E-state index in [9.17, 15) is 5.11 Å². The van der Waals surface area contributed by atoms with Crippen LogP contribution in [-0.4, -0.2) is 23.3 Å². The Labute approximate surface area is 107 Å². The molecule has 0 aromatic heterocycles. The molecule has 2 heterocycles. The fourth-order valence-corrected chi connectivity index (χ4v) is 3.68. The van der Waals surface area contributed by atoms with Gasteiger partial charge in [-0.25, -0.2) is 0 Å². The molecular formula is C14H18ClNO. The van der Waals surface area contributed by atoms with E-state index in [2.05, 4.69) is 17.9 Å². The van der Waals surface area contributed by atoms with Gasteiger partial charge in [0.2, 0.25) is 0 Å². The summed E-state index contributed by atoms with van der Waals surface area (Å²) in [7, 11) is 0. The van der Waals surface area contributed by atoms with E-state index in [-0.39, 0.29) is 6.10 Å². The first kappa shape index (κ1) is 11.4. The highest BCUT2D eigenvalue weighted by Crippen LogP contribution is 2.40. The summed E-state index contributed by atoms with van der Waals surface area (Å²) < 4.78 is 0. The summed E-state index contributed by atoms with van der Waals surface area (Å²) in [5.41, 5.74) is 2.54. The topological polar surface area (TPSA) is 23.5 Å². The molecule has 2 bridgehead atoms. The number of nitrogens with zero attached hydrogens (tertiary/aromatic N) is 1. The third-order valence-corrected chi connectivity index (χ3v) is 4.38. The molecule has 0 aliphatic carbocycles. The Morgan fingerprint density at radius 2 is 1.88 bits per heavy atom. The molecule has 2 aliphatic rings. The monoisotopic (exact) mass is 251 g/mol. The molecule has 1 aromatic rings. The van der Waals surface area contributed by atoms with Crippen LogP contribution in [0.15, 0.2) is 18.2 Å². The van der Waals surface area contributed by atoms with Gasteiger partial charge >= 0.3 is 0 Å². The van der Waals surface area contributed by atoms with E-state index in [0.29, 0.717) is 12.1 Å². The van der Waals surface area contributed by atoms with Crippen molar-refractivity contribution in [1.82, 2.24) is 0 Å². The average Bonchev–Trinajstić information content (AvgIpc) is 2.53. The fraction of sp³-hybridized carbons (Fsp3) is 0.571. The number of benzene rings is 1. The van der Waals surface area contributed by atoms with E-state index in [1.54, 1.807) is 0 Å². The lowest BCUT2D eigenvalue weighted by molar-refractivity contribution is 0.126. The molecule has 2 fully saturated rings. The Kier molecular flexibility index (Phi) is 2.80. The Balaban J connectivity index is 1.94. The lowest BCUT2D eigenvalue weighted by Crippen LogP contribution is -2.45. The summed E-state index contributed by atoms with van der Waals surface area (Å²) in [6, 6.07) is 7.16. The second kappa shape index (κ2) is 4.18. The molecule has 0 amide bonds. The van der Waals surface area contributed by atoms with Crippen molar-refractivity contribution in [3.8, 4) is 0 Å². The smallest absolute Gasteiger partial charge is 0.0579 e. The number of rotatable bonds is 1. The van der Waals surface area contributed by atoms with E-state index in [4.69, 9.17) is 11.6 Å². The summed E-state index contributed by atoms with van der Waals surface area (Å²) in [6.45, 7) is 2.12. The Bertz CT molecular complexity index is 420. The van der Waals surface area contributed by atoms with E-state index in [1.807, 2.05) is 12.1 Å². The van der Waals surface area contributed by atoms with Crippen molar-refractivity contribution < 1.29 is 5.11 Å². The molecule has 3 heteroatoms. The van der Waals surface area contributed by atoms with Crippen molar-refractivity contribution in [2.45, 2.75) is 50.8 Å². The Hall–Kier alpha value is -0.730. The minimum absolute atomic E-state index is 0.101. The lowest BCUT2D eigenvalue weighted by Gasteiger charge is -2.39. The van der Waals surface area contributed by atoms with Gasteiger partial charge in [0.25, 0.3) is 0 Å². The van der Waals surface area contributed by atoms with Crippen LogP contribution in [0.5, 0.6) is 0 Å². The van der Waals surface area contributed by atoms with Crippen LogP contribution in [0.1, 0.15) is 31.2 Å². The number of aliphatic hydroxyl groups excluding tert-OH is 1. The molecule has 2 atom stereocenters. The van der Waals surface area contributed by atoms with Crippen molar-refractivity contribution in [1.29, 1.82) is 0 Å². The van der Waals surface area contributed by atoms with Crippen LogP contribution in [0, 0.1) is 6.92 Å². The van der Waals surface area contributed by atoms with Gasteiger partial charge in [0.1, 0.15) is 0 Å². The zero-order valence-corrected chi connectivity index (χ0v) is 10.8. The van der Waals surface area contributed by atoms with Gasteiger partial charge in [-0.3, -0.25) is 0 Å². The summed E-state index contributed by atoms with van der Waals surface area (Å²) >= 11 is 6.01. The highest BCUT2D eigenvalue weighted by molar-refractivity contribution is 6.30. The van der Waals surface area contributed by atoms with Crippen molar-refractivity contribution >= 4 is 17.3 Å². The predicted molar refractivity (Wildman–Crippen MR) is 70.7 cm³/mol. The van der Waals surface area contributed by atoms with Crippen molar-refractivity contribution in [2.75, 3.05) is 4.90 Å². The number of fused-ring (bicyclic) bond motifs is 2. The zero-order valence-electron chi connectivity index (χ0n) is 10.1. The van der Waals surface area contributed by atoms with Gasteiger partial charge in [-0.1, -0.05) is 11.6 Å². The van der Waals surface area contributed by atoms with Gasteiger partial charge in [-0.05, 0) is 56.4 Å².